The molecule has 0 spiro atoms. The minimum atomic E-state index is -0.882. The van der Waals surface area contributed by atoms with Gasteiger partial charge in [-0.1, -0.05) is 63.8 Å². The fourth-order valence-corrected chi connectivity index (χ4v) is 4.73. The predicted octanol–water partition coefficient (Wildman–Crippen LogP) is 3.84. The van der Waals surface area contributed by atoms with E-state index >= 15 is 0 Å². The molecule has 1 unspecified atom stereocenters. The first-order chi connectivity index (χ1) is 19.9. The number of amides is 3. The van der Waals surface area contributed by atoms with Crippen LogP contribution in [0.2, 0.25) is 0 Å². The molecule has 1 aromatic heterocycles. The molecule has 0 saturated carbocycles. The Hall–Kier alpha value is -4.05. The zero-order valence-corrected chi connectivity index (χ0v) is 25.3. The van der Waals surface area contributed by atoms with Gasteiger partial charge in [0.25, 0.3) is 5.91 Å². The van der Waals surface area contributed by atoms with Gasteiger partial charge in [0.2, 0.25) is 11.8 Å². The lowest BCUT2D eigenvalue weighted by molar-refractivity contribution is -0.157. The largest absolute Gasteiger partial charge is 0.455 e. The Balaban J connectivity index is 1.59. The van der Waals surface area contributed by atoms with Crippen molar-refractivity contribution in [2.75, 3.05) is 6.54 Å². The van der Waals surface area contributed by atoms with Gasteiger partial charge in [-0.2, -0.15) is 0 Å². The lowest BCUT2D eigenvalue weighted by Crippen LogP contribution is -2.61. The number of hydrazine groups is 1. The third-order valence-electron chi connectivity index (χ3n) is 7.29. The van der Waals surface area contributed by atoms with Crippen molar-refractivity contribution in [3.63, 3.8) is 0 Å². The number of esters is 1. The average Bonchev–Trinajstić information content (AvgIpc) is 2.98. The summed E-state index contributed by atoms with van der Waals surface area (Å²) in [5.74, 6) is -2.17. The van der Waals surface area contributed by atoms with Gasteiger partial charge in [0.05, 0.1) is 17.1 Å². The molecule has 5 atom stereocenters. The molecule has 1 aromatic carbocycles. The summed E-state index contributed by atoms with van der Waals surface area (Å²) in [4.78, 5) is 56.4. The van der Waals surface area contributed by atoms with Crippen molar-refractivity contribution in [1.82, 2.24) is 26.1 Å². The van der Waals surface area contributed by atoms with Gasteiger partial charge < -0.3 is 15.4 Å². The average molecular weight is 578 g/mol. The van der Waals surface area contributed by atoms with E-state index in [1.54, 1.807) is 39.0 Å². The van der Waals surface area contributed by atoms with Crippen LogP contribution in [0.4, 0.5) is 0 Å². The molecule has 2 aromatic rings. The Morgan fingerprint density at radius 2 is 1.79 bits per heavy atom. The van der Waals surface area contributed by atoms with E-state index in [2.05, 4.69) is 27.6 Å². The highest BCUT2D eigenvalue weighted by Gasteiger charge is 2.34. The minimum absolute atomic E-state index is 0.190. The van der Waals surface area contributed by atoms with Gasteiger partial charge in [0, 0.05) is 11.9 Å². The van der Waals surface area contributed by atoms with E-state index in [1.165, 1.54) is 5.01 Å². The van der Waals surface area contributed by atoms with E-state index < -0.39 is 36.1 Å². The normalized spacial score (nSPS) is 18.3. The van der Waals surface area contributed by atoms with E-state index in [0.717, 1.165) is 16.5 Å². The van der Waals surface area contributed by atoms with Gasteiger partial charge in [-0.3, -0.25) is 24.2 Å². The molecule has 0 aliphatic carbocycles. The van der Waals surface area contributed by atoms with Gasteiger partial charge in [-0.05, 0) is 57.2 Å². The van der Waals surface area contributed by atoms with Crippen molar-refractivity contribution in [2.45, 2.75) is 78.6 Å². The number of aromatic nitrogens is 1. The fourth-order valence-electron chi connectivity index (χ4n) is 4.73. The van der Waals surface area contributed by atoms with Crippen molar-refractivity contribution >= 4 is 40.7 Å². The summed E-state index contributed by atoms with van der Waals surface area (Å²) in [7, 11) is 0. The second kappa shape index (κ2) is 14.7. The first kappa shape index (κ1) is 32.5. The Bertz CT molecular complexity index is 1340. The van der Waals surface area contributed by atoms with Crippen LogP contribution in [0.3, 0.4) is 0 Å². The topological polar surface area (TPSA) is 130 Å². The quantitative estimate of drug-likeness (QED) is 0.273. The first-order valence-electron chi connectivity index (χ1n) is 14.5. The molecule has 0 bridgehead atoms. The third kappa shape index (κ3) is 8.25. The maximum atomic E-state index is 13.2. The van der Waals surface area contributed by atoms with Crippen molar-refractivity contribution in [2.24, 2.45) is 11.8 Å². The summed E-state index contributed by atoms with van der Waals surface area (Å²) in [6, 6.07) is 7.20. The van der Waals surface area contributed by atoms with Crippen LogP contribution in [-0.2, 0) is 23.9 Å². The molecular weight excluding hydrogens is 534 g/mol. The Morgan fingerprint density at radius 1 is 1.07 bits per heavy atom. The number of nitrogens with one attached hydrogen (secondary N) is 3. The highest BCUT2D eigenvalue weighted by atomic mass is 16.5. The molecule has 2 heterocycles. The Labute approximate surface area is 247 Å². The van der Waals surface area contributed by atoms with E-state index in [-0.39, 0.29) is 23.7 Å². The summed E-state index contributed by atoms with van der Waals surface area (Å²) in [5.41, 5.74) is 5.31. The van der Waals surface area contributed by atoms with Crippen molar-refractivity contribution in [1.29, 1.82) is 0 Å². The molecule has 226 valence electrons. The van der Waals surface area contributed by atoms with Crippen molar-refractivity contribution in [3.05, 3.63) is 60.3 Å². The van der Waals surface area contributed by atoms with E-state index in [0.29, 0.717) is 25.1 Å². The number of fused-ring (bicyclic) bond motifs is 1. The molecule has 3 N–H and O–H groups in total. The number of rotatable bonds is 11. The Kier molecular flexibility index (Phi) is 11.4. The van der Waals surface area contributed by atoms with Crippen LogP contribution in [0.15, 0.2) is 49.1 Å². The zero-order chi connectivity index (χ0) is 31.0. The van der Waals surface area contributed by atoms with E-state index in [9.17, 15) is 19.2 Å². The molecular formula is C32H43N5O5. The molecule has 3 rings (SSSR count). The van der Waals surface area contributed by atoms with Gasteiger partial charge in [-0.25, -0.2) is 10.4 Å². The number of carbonyl (C=O) groups is 4. The molecule has 3 amide bonds. The van der Waals surface area contributed by atoms with Crippen LogP contribution in [0.5, 0.6) is 0 Å². The Morgan fingerprint density at radius 3 is 2.45 bits per heavy atom. The molecule has 10 heteroatoms. The van der Waals surface area contributed by atoms with Gasteiger partial charge in [0.15, 0.2) is 0 Å². The number of benzene rings is 1. The SMILES string of the molecule is C=Cc1ccc2ccc([C@@H](C)OC(=O)[C@@H]3CCCN(C(=O)[C@H](C)NC(=O)C(NC(=O)[C@H](C)/C=C/C)C(C)C)N3)nc2c1. The molecule has 42 heavy (non-hydrogen) atoms. The second-order valence-corrected chi connectivity index (χ2v) is 11.1. The summed E-state index contributed by atoms with van der Waals surface area (Å²) in [6.45, 7) is 14.7. The summed E-state index contributed by atoms with van der Waals surface area (Å²) in [5, 5.41) is 7.83. The van der Waals surface area contributed by atoms with E-state index in [1.807, 2.05) is 51.1 Å². The van der Waals surface area contributed by atoms with Crippen LogP contribution in [-0.4, -0.2) is 58.4 Å². The molecule has 10 nitrogen and oxygen atoms in total. The standard InChI is InChI=1S/C32H43N5O5/c1-8-11-20(5)29(38)35-28(19(3)4)30(39)33-21(6)31(40)37-17-10-12-26(36-37)32(41)42-22(7)25-16-15-24-14-13-23(9-2)18-27(24)34-25/h8-9,11,13-16,18-22,26,28,36H,2,10,12,17H2,1,3-7H3,(H,33,39)(H,35,38)/b11-8+/t20-,21+,22-,26+,28?/m1/s1. The van der Waals surface area contributed by atoms with Gasteiger partial charge >= 0.3 is 5.97 Å². The molecule has 0 radical (unpaired) electrons. The van der Waals surface area contributed by atoms with Crippen molar-refractivity contribution in [3.8, 4) is 0 Å². The lowest BCUT2D eigenvalue weighted by Gasteiger charge is -2.35. The predicted molar refractivity (Wildman–Crippen MR) is 163 cm³/mol. The number of allylic oxidation sites excluding steroid dienone is 1. The van der Waals surface area contributed by atoms with E-state index in [4.69, 9.17) is 4.74 Å². The van der Waals surface area contributed by atoms with Crippen molar-refractivity contribution < 1.29 is 23.9 Å². The maximum Gasteiger partial charge on any atom is 0.325 e. The number of ether oxygens (including phenoxy) is 1. The highest BCUT2D eigenvalue weighted by molar-refractivity contribution is 5.92. The fraction of sp³-hybridized carbons (Fsp3) is 0.469. The smallest absolute Gasteiger partial charge is 0.325 e. The molecule has 1 aliphatic rings. The number of hydrogen-bond donors (Lipinski definition) is 3. The van der Waals surface area contributed by atoms with Crippen LogP contribution in [0, 0.1) is 11.8 Å². The number of pyridine rings is 1. The number of carbonyl (C=O) groups excluding carboxylic acids is 4. The number of hydrogen-bond acceptors (Lipinski definition) is 7. The number of nitrogens with zero attached hydrogens (tertiary/aromatic N) is 2. The summed E-state index contributed by atoms with van der Waals surface area (Å²) >= 11 is 0. The van der Waals surface area contributed by atoms with Crippen LogP contribution < -0.4 is 16.1 Å². The first-order valence-corrected chi connectivity index (χ1v) is 14.5. The van der Waals surface area contributed by atoms with Crippen LogP contribution in [0.1, 0.15) is 71.7 Å². The third-order valence-corrected chi connectivity index (χ3v) is 7.29. The van der Waals surface area contributed by atoms with Gasteiger partial charge in [0.1, 0.15) is 24.2 Å². The molecule has 1 aliphatic heterocycles. The monoisotopic (exact) mass is 577 g/mol. The summed E-state index contributed by atoms with van der Waals surface area (Å²) in [6.07, 6.45) is 5.76. The minimum Gasteiger partial charge on any atom is -0.455 e. The maximum absolute atomic E-state index is 13.2. The van der Waals surface area contributed by atoms with Crippen LogP contribution in [0.25, 0.3) is 17.0 Å². The highest BCUT2D eigenvalue weighted by Crippen LogP contribution is 2.22. The molecule has 1 saturated heterocycles. The molecule has 1 fully saturated rings. The zero-order valence-electron chi connectivity index (χ0n) is 25.3. The van der Waals surface area contributed by atoms with Crippen LogP contribution >= 0.6 is 0 Å². The lowest BCUT2D eigenvalue weighted by atomic mass is 10.0. The summed E-state index contributed by atoms with van der Waals surface area (Å²) < 4.78 is 5.73. The second-order valence-electron chi connectivity index (χ2n) is 11.1. The van der Waals surface area contributed by atoms with Gasteiger partial charge in [-0.15, -0.1) is 0 Å².